The number of nitrogens with zero attached hydrogens (tertiary/aromatic N) is 1. The van der Waals surface area contributed by atoms with E-state index in [9.17, 15) is 0 Å². The molecule has 0 spiro atoms. The molecule has 4 aromatic rings. The molecule has 0 bridgehead atoms. The van der Waals surface area contributed by atoms with Crippen molar-refractivity contribution in [2.24, 2.45) is 0 Å². The third-order valence-electron chi connectivity index (χ3n) is 9.08. The Bertz CT molecular complexity index is 1490. The molecular weight excluding hydrogens is 706 g/mol. The maximum atomic E-state index is 4.95. The first kappa shape index (κ1) is 42.7. The molecule has 270 valence electrons. The predicted octanol–water partition coefficient (Wildman–Crippen LogP) is 10.1. The van der Waals surface area contributed by atoms with E-state index in [0.717, 1.165) is 11.4 Å². The van der Waals surface area contributed by atoms with E-state index in [2.05, 4.69) is 175 Å². The molecule has 0 atom stereocenters. The van der Waals surface area contributed by atoms with Gasteiger partial charge in [-0.15, -0.1) is 0 Å². The van der Waals surface area contributed by atoms with Crippen molar-refractivity contribution in [1.29, 1.82) is 0 Å². The summed E-state index contributed by atoms with van der Waals surface area (Å²) >= 11 is 3.40. The molecule has 0 N–H and O–H groups in total. The number of rotatable bonds is 13. The number of hydrogen-bond donors (Lipinski definition) is 0. The van der Waals surface area contributed by atoms with Gasteiger partial charge in [0.15, 0.2) is 0 Å². The Balaban J connectivity index is 0.000000578. The molecule has 0 aliphatic rings. The van der Waals surface area contributed by atoms with Crippen LogP contribution in [0, 0.1) is 0 Å². The van der Waals surface area contributed by atoms with Gasteiger partial charge < -0.3 is 0 Å². The number of hydrogen-bond acceptors (Lipinski definition) is 1. The Hall–Kier alpha value is -1.74. The zero-order valence-electron chi connectivity index (χ0n) is 32.8. The molecule has 0 aliphatic heterocycles. The Labute approximate surface area is 318 Å². The van der Waals surface area contributed by atoms with Crippen LogP contribution in [0.15, 0.2) is 97.1 Å². The third kappa shape index (κ3) is 10.9. The summed E-state index contributed by atoms with van der Waals surface area (Å²) in [5, 5.41) is 4.82. The molecule has 50 heavy (non-hydrogen) atoms. The minimum atomic E-state index is -0.297. The predicted molar refractivity (Wildman–Crippen MR) is 230 cm³/mol. The minimum absolute atomic E-state index is 0.246. The van der Waals surface area contributed by atoms with Gasteiger partial charge in [0.05, 0.1) is 0 Å². The van der Waals surface area contributed by atoms with Crippen LogP contribution in [0.5, 0.6) is 5.75 Å². The summed E-state index contributed by atoms with van der Waals surface area (Å²) in [6.45, 7) is 29.5. The number of methoxy groups -OCH3 is 1. The van der Waals surface area contributed by atoms with E-state index in [0.29, 0.717) is 34.0 Å². The van der Waals surface area contributed by atoms with Crippen molar-refractivity contribution >= 4 is 68.5 Å². The molecule has 0 saturated heterocycles. The van der Waals surface area contributed by atoms with Gasteiger partial charge in [0.1, 0.15) is 0 Å². The fourth-order valence-corrected chi connectivity index (χ4v) is 16.9. The van der Waals surface area contributed by atoms with Crippen LogP contribution in [0.25, 0.3) is 3.78 Å². The second-order valence-electron chi connectivity index (χ2n) is 14.7. The molecule has 0 aromatic heterocycles. The summed E-state index contributed by atoms with van der Waals surface area (Å²) in [6, 6.07) is 36.0. The number of ether oxygens (including phenoxy) is 1. The standard InChI is InChI=1S/C36H54BP3.C7H7NO.Fe/c1-25(2)38(26(3)4)34-22-16-13-19-31(34)37(32-20-14-17-23-35(32)39(27(5)6)28(7)8)33-21-15-18-24-36(33)40(29(9)10)30(11)12;1-9-7-4-2-6(8)3-5-7;/h13-30H,1-12H3;2-5H,1H3;/q-1;+1;. The van der Waals surface area contributed by atoms with Crippen LogP contribution in [0.1, 0.15) is 83.1 Å². The first-order chi connectivity index (χ1) is 23.7. The van der Waals surface area contributed by atoms with Crippen molar-refractivity contribution in [1.82, 2.24) is 0 Å². The van der Waals surface area contributed by atoms with E-state index in [1.807, 2.05) is 24.3 Å². The van der Waals surface area contributed by atoms with Crippen LogP contribution in [0.4, 0.5) is 5.69 Å². The summed E-state index contributed by atoms with van der Waals surface area (Å²) in [5.41, 5.74) is 9.37. The van der Waals surface area contributed by atoms with Gasteiger partial charge in [-0.05, 0) is 40.7 Å². The summed E-state index contributed by atoms with van der Waals surface area (Å²) in [6.07, 6.45) is 0. The molecule has 0 fully saturated rings. The van der Waals surface area contributed by atoms with Crippen molar-refractivity contribution in [3.63, 3.8) is 0 Å². The van der Waals surface area contributed by atoms with Gasteiger partial charge in [-0.25, -0.2) is 16.4 Å². The Kier molecular flexibility index (Phi) is 17.5. The molecule has 4 rings (SSSR count). The zero-order valence-corrected chi connectivity index (χ0v) is 36.6. The molecular formula is C43H61BFeNOP3. The average molecular weight is 768 g/mol. The molecule has 7 heteroatoms. The van der Waals surface area contributed by atoms with E-state index >= 15 is 0 Å². The molecule has 0 unspecified atom stereocenters. The van der Waals surface area contributed by atoms with Crippen molar-refractivity contribution in [2.45, 2.75) is 117 Å². The first-order valence-corrected chi connectivity index (χ1v) is 23.2. The molecule has 0 aliphatic carbocycles. The van der Waals surface area contributed by atoms with Crippen LogP contribution in [0.2, 0.25) is 0 Å². The molecule has 0 heterocycles. The van der Waals surface area contributed by atoms with Crippen molar-refractivity contribution in [2.75, 3.05) is 7.11 Å². The SMILES string of the molecule is CC(C)P(c1ccccc1[B-](c1ccccc1P(C(C)C)C(C)C)c1ccccc1P(C(C)C)C(C)C)C(C)C.COc1ccc([N+]#[Fe])cc1. The summed E-state index contributed by atoms with van der Waals surface area (Å²) in [4.78, 5) is 0. The summed E-state index contributed by atoms with van der Waals surface area (Å²) in [7, 11) is 0.745. The monoisotopic (exact) mass is 767 g/mol. The van der Waals surface area contributed by atoms with Crippen molar-refractivity contribution in [3.05, 3.63) is 101 Å². The fourth-order valence-electron chi connectivity index (χ4n) is 7.50. The van der Waals surface area contributed by atoms with Gasteiger partial charge in [-0.3, -0.25) is 0 Å². The van der Waals surface area contributed by atoms with E-state index in [1.54, 1.807) is 39.4 Å². The second kappa shape index (κ2) is 20.5. The van der Waals surface area contributed by atoms with Gasteiger partial charge in [-0.1, -0.05) is 196 Å². The normalized spacial score (nSPS) is 11.9. The fraction of sp³-hybridized carbons (Fsp3) is 0.442. The van der Waals surface area contributed by atoms with E-state index in [4.69, 9.17) is 4.74 Å². The molecule has 4 aromatic carbocycles. The summed E-state index contributed by atoms with van der Waals surface area (Å²) in [5.74, 6) is 0.840. The Morgan fingerprint density at radius 3 is 0.980 bits per heavy atom. The Morgan fingerprint density at radius 1 is 0.460 bits per heavy atom. The van der Waals surface area contributed by atoms with Crippen LogP contribution >= 0.6 is 23.8 Å². The molecule has 1 radical (unpaired) electrons. The average Bonchev–Trinajstić information content (AvgIpc) is 3.06. The molecule has 0 amide bonds. The van der Waals surface area contributed by atoms with Crippen LogP contribution < -0.4 is 37.0 Å². The Morgan fingerprint density at radius 2 is 0.740 bits per heavy atom. The number of benzene rings is 4. The van der Waals surface area contributed by atoms with Crippen LogP contribution in [-0.4, -0.2) is 47.8 Å². The van der Waals surface area contributed by atoms with Crippen LogP contribution in [0.3, 0.4) is 0 Å². The van der Waals surface area contributed by atoms with Gasteiger partial charge in [0.2, 0.25) is 0 Å². The van der Waals surface area contributed by atoms with Gasteiger partial charge in [0.25, 0.3) is 0 Å². The quantitative estimate of drug-likeness (QED) is 0.0976. The van der Waals surface area contributed by atoms with Crippen molar-refractivity contribution in [3.8, 4) is 5.75 Å². The van der Waals surface area contributed by atoms with E-state index < -0.39 is 0 Å². The van der Waals surface area contributed by atoms with Crippen molar-refractivity contribution < 1.29 is 20.4 Å². The van der Waals surface area contributed by atoms with Crippen LogP contribution in [-0.2, 0) is 15.6 Å². The maximum absolute atomic E-state index is 4.95. The molecule has 2 nitrogen and oxygen atoms in total. The van der Waals surface area contributed by atoms with Gasteiger partial charge >= 0.3 is 67.0 Å². The summed E-state index contributed by atoms with van der Waals surface area (Å²) < 4.78 is 8.69. The van der Waals surface area contributed by atoms with E-state index in [-0.39, 0.29) is 30.5 Å². The van der Waals surface area contributed by atoms with Gasteiger partial charge in [0, 0.05) is 0 Å². The topological polar surface area (TPSA) is 13.6 Å². The zero-order chi connectivity index (χ0) is 37.1. The van der Waals surface area contributed by atoms with Gasteiger partial charge in [-0.2, -0.15) is 0 Å². The second-order valence-corrected chi connectivity index (χ2v) is 25.0. The van der Waals surface area contributed by atoms with E-state index in [1.165, 1.54) is 0 Å². The first-order valence-electron chi connectivity index (χ1n) is 18.3. The third-order valence-corrected chi connectivity index (χ3v) is 18.9. The molecule has 0 saturated carbocycles.